The minimum atomic E-state index is -0.154. The summed E-state index contributed by atoms with van der Waals surface area (Å²) in [6.07, 6.45) is 3.26. The van der Waals surface area contributed by atoms with Crippen LogP contribution in [0.4, 0.5) is 0 Å². The number of hydrogen-bond donors (Lipinski definition) is 1. The zero-order chi connectivity index (χ0) is 15.9. The fourth-order valence-corrected chi connectivity index (χ4v) is 2.13. The first-order valence-electron chi connectivity index (χ1n) is 6.93. The van der Waals surface area contributed by atoms with Gasteiger partial charge in [-0.1, -0.05) is 35.4 Å². The molecular weight excluding hydrogens is 298 g/mol. The van der Waals surface area contributed by atoms with E-state index in [1.54, 1.807) is 25.3 Å². The molecule has 22 heavy (non-hydrogen) atoms. The van der Waals surface area contributed by atoms with Gasteiger partial charge in [0, 0.05) is 23.2 Å². The molecule has 0 saturated carbocycles. The van der Waals surface area contributed by atoms with Crippen LogP contribution in [0.25, 0.3) is 6.08 Å². The third kappa shape index (κ3) is 4.64. The Hall–Kier alpha value is -2.26. The van der Waals surface area contributed by atoms with Crippen LogP contribution in [0.2, 0.25) is 5.02 Å². The average molecular weight is 316 g/mol. The second-order valence-electron chi connectivity index (χ2n) is 4.92. The van der Waals surface area contributed by atoms with Crippen molar-refractivity contribution in [1.29, 1.82) is 0 Å². The van der Waals surface area contributed by atoms with Crippen LogP contribution >= 0.6 is 11.6 Å². The highest BCUT2D eigenvalue weighted by Crippen LogP contribution is 2.20. The number of rotatable bonds is 5. The molecule has 3 nitrogen and oxygen atoms in total. The van der Waals surface area contributed by atoms with E-state index in [2.05, 4.69) is 5.32 Å². The van der Waals surface area contributed by atoms with Gasteiger partial charge in [0.05, 0.1) is 7.11 Å². The van der Waals surface area contributed by atoms with Gasteiger partial charge in [-0.2, -0.15) is 0 Å². The second kappa shape index (κ2) is 7.66. The third-order valence-corrected chi connectivity index (χ3v) is 3.43. The molecule has 114 valence electrons. The zero-order valence-electron chi connectivity index (χ0n) is 12.6. The topological polar surface area (TPSA) is 38.3 Å². The van der Waals surface area contributed by atoms with Gasteiger partial charge in [0.1, 0.15) is 5.75 Å². The molecule has 0 aliphatic rings. The summed E-state index contributed by atoms with van der Waals surface area (Å²) in [5.74, 6) is 0.589. The number of hydrogen-bond acceptors (Lipinski definition) is 2. The normalized spacial score (nSPS) is 10.7. The van der Waals surface area contributed by atoms with Gasteiger partial charge < -0.3 is 10.1 Å². The summed E-state index contributed by atoms with van der Waals surface area (Å²) < 4.78 is 5.28. The van der Waals surface area contributed by atoms with Crippen molar-refractivity contribution in [3.63, 3.8) is 0 Å². The highest BCUT2D eigenvalue weighted by Gasteiger charge is 2.01. The quantitative estimate of drug-likeness (QED) is 0.847. The summed E-state index contributed by atoms with van der Waals surface area (Å²) in [5.41, 5.74) is 2.99. The summed E-state index contributed by atoms with van der Waals surface area (Å²) in [5, 5.41) is 3.51. The highest BCUT2D eigenvalue weighted by molar-refractivity contribution is 6.30. The molecule has 0 atom stereocenters. The lowest BCUT2D eigenvalue weighted by Gasteiger charge is -2.06. The molecule has 4 heteroatoms. The van der Waals surface area contributed by atoms with Crippen LogP contribution in [0.15, 0.2) is 48.5 Å². The number of ether oxygens (including phenoxy) is 1. The van der Waals surface area contributed by atoms with E-state index >= 15 is 0 Å². The lowest BCUT2D eigenvalue weighted by atomic mass is 10.1. The van der Waals surface area contributed by atoms with Crippen molar-refractivity contribution in [3.8, 4) is 5.75 Å². The molecule has 2 aromatic carbocycles. The van der Waals surface area contributed by atoms with E-state index in [9.17, 15) is 4.79 Å². The van der Waals surface area contributed by atoms with Crippen molar-refractivity contribution in [3.05, 3.63) is 70.3 Å². The number of carbonyl (C=O) groups is 1. The van der Waals surface area contributed by atoms with Gasteiger partial charge in [-0.3, -0.25) is 4.79 Å². The van der Waals surface area contributed by atoms with Gasteiger partial charge in [-0.15, -0.1) is 0 Å². The van der Waals surface area contributed by atoms with E-state index < -0.39 is 0 Å². The molecule has 0 fully saturated rings. The molecule has 1 amide bonds. The zero-order valence-corrected chi connectivity index (χ0v) is 13.4. The number of amides is 1. The van der Waals surface area contributed by atoms with E-state index in [4.69, 9.17) is 16.3 Å². The Morgan fingerprint density at radius 1 is 1.23 bits per heavy atom. The number of aryl methyl sites for hydroxylation is 1. The van der Waals surface area contributed by atoms with Crippen LogP contribution < -0.4 is 10.1 Å². The van der Waals surface area contributed by atoms with Crippen molar-refractivity contribution in [1.82, 2.24) is 5.32 Å². The number of halogens is 1. The molecule has 0 spiro atoms. The van der Waals surface area contributed by atoms with Crippen LogP contribution in [0.3, 0.4) is 0 Å². The van der Waals surface area contributed by atoms with E-state index in [0.717, 1.165) is 22.4 Å². The molecule has 0 unspecified atom stereocenters. The van der Waals surface area contributed by atoms with Gasteiger partial charge in [-0.05, 0) is 42.8 Å². The molecule has 2 rings (SSSR count). The maximum atomic E-state index is 11.9. The van der Waals surface area contributed by atoms with E-state index in [1.807, 2.05) is 37.3 Å². The Balaban J connectivity index is 1.96. The summed E-state index contributed by atoms with van der Waals surface area (Å²) in [4.78, 5) is 11.9. The largest absolute Gasteiger partial charge is 0.496 e. The summed E-state index contributed by atoms with van der Waals surface area (Å²) in [6, 6.07) is 13.2. The van der Waals surface area contributed by atoms with Gasteiger partial charge >= 0.3 is 0 Å². The predicted octanol–water partition coefficient (Wildman–Crippen LogP) is 3.99. The first-order chi connectivity index (χ1) is 10.6. The van der Waals surface area contributed by atoms with E-state index in [-0.39, 0.29) is 5.91 Å². The minimum Gasteiger partial charge on any atom is -0.496 e. The van der Waals surface area contributed by atoms with Crippen LogP contribution in [-0.2, 0) is 11.3 Å². The molecular formula is C18H18ClNO2. The molecule has 1 N–H and O–H groups in total. The smallest absolute Gasteiger partial charge is 0.244 e. The van der Waals surface area contributed by atoms with Crippen LogP contribution in [-0.4, -0.2) is 13.0 Å². The molecule has 0 aliphatic carbocycles. The number of nitrogens with one attached hydrogen (secondary N) is 1. The third-order valence-electron chi connectivity index (χ3n) is 3.18. The van der Waals surface area contributed by atoms with Crippen molar-refractivity contribution >= 4 is 23.6 Å². The monoisotopic (exact) mass is 315 g/mol. The van der Waals surface area contributed by atoms with Gasteiger partial charge in [0.25, 0.3) is 0 Å². The standard InChI is InChI=1S/C18H18ClNO2/c1-13-3-9-17(22-2)15(11-13)6-10-18(21)20-12-14-4-7-16(19)8-5-14/h3-11H,12H2,1-2H3,(H,20,21)/b10-6+. The molecule has 0 heterocycles. The number of methoxy groups -OCH3 is 1. The lowest BCUT2D eigenvalue weighted by Crippen LogP contribution is -2.20. The van der Waals surface area contributed by atoms with E-state index in [1.165, 1.54) is 6.08 Å². The predicted molar refractivity (Wildman–Crippen MR) is 90.1 cm³/mol. The molecule has 0 bridgehead atoms. The molecule has 0 aliphatic heterocycles. The van der Waals surface area contributed by atoms with Crippen molar-refractivity contribution in [2.24, 2.45) is 0 Å². The Labute approximate surface area is 135 Å². The fraction of sp³-hybridized carbons (Fsp3) is 0.167. The Morgan fingerprint density at radius 3 is 2.64 bits per heavy atom. The lowest BCUT2D eigenvalue weighted by molar-refractivity contribution is -0.116. The van der Waals surface area contributed by atoms with Gasteiger partial charge in [0.2, 0.25) is 5.91 Å². The maximum Gasteiger partial charge on any atom is 0.244 e. The average Bonchev–Trinajstić information content (AvgIpc) is 2.52. The fourth-order valence-electron chi connectivity index (χ4n) is 2.00. The van der Waals surface area contributed by atoms with Gasteiger partial charge in [0.15, 0.2) is 0 Å². The molecule has 0 aromatic heterocycles. The first-order valence-corrected chi connectivity index (χ1v) is 7.31. The number of benzene rings is 2. The Kier molecular flexibility index (Phi) is 5.61. The summed E-state index contributed by atoms with van der Waals surface area (Å²) in [6.45, 7) is 2.46. The molecule has 0 radical (unpaired) electrons. The molecule has 2 aromatic rings. The second-order valence-corrected chi connectivity index (χ2v) is 5.36. The minimum absolute atomic E-state index is 0.154. The SMILES string of the molecule is COc1ccc(C)cc1/C=C/C(=O)NCc1ccc(Cl)cc1. The van der Waals surface area contributed by atoms with Crippen molar-refractivity contribution in [2.75, 3.05) is 7.11 Å². The molecule has 0 saturated heterocycles. The summed E-state index contributed by atoms with van der Waals surface area (Å²) in [7, 11) is 1.61. The number of carbonyl (C=O) groups excluding carboxylic acids is 1. The highest BCUT2D eigenvalue weighted by atomic mass is 35.5. The Bertz CT molecular complexity index is 678. The van der Waals surface area contributed by atoms with Crippen LogP contribution in [0.5, 0.6) is 5.75 Å². The van der Waals surface area contributed by atoms with Crippen LogP contribution in [0.1, 0.15) is 16.7 Å². The van der Waals surface area contributed by atoms with Gasteiger partial charge in [-0.25, -0.2) is 0 Å². The first kappa shape index (κ1) is 16.1. The van der Waals surface area contributed by atoms with Crippen molar-refractivity contribution < 1.29 is 9.53 Å². The van der Waals surface area contributed by atoms with Crippen molar-refractivity contribution in [2.45, 2.75) is 13.5 Å². The van der Waals surface area contributed by atoms with E-state index in [0.29, 0.717) is 11.6 Å². The van der Waals surface area contributed by atoms with Crippen LogP contribution in [0, 0.1) is 6.92 Å². The maximum absolute atomic E-state index is 11.9. The Morgan fingerprint density at radius 2 is 1.95 bits per heavy atom. The summed E-state index contributed by atoms with van der Waals surface area (Å²) >= 11 is 5.82.